The maximum absolute atomic E-state index is 12.7. The van der Waals surface area contributed by atoms with E-state index in [1.807, 2.05) is 54.8 Å². The summed E-state index contributed by atoms with van der Waals surface area (Å²) in [6.07, 6.45) is 0. The SMILES string of the molecule is CCOC(=O)c1c(-c2ccc(C)cc2)csc1NC(=O)CN1Cc2ccccc2C1=O. The molecule has 31 heavy (non-hydrogen) atoms. The number of carbonyl (C=O) groups is 3. The van der Waals surface area contributed by atoms with Gasteiger partial charge in [0.1, 0.15) is 17.1 Å². The van der Waals surface area contributed by atoms with Crippen LogP contribution in [0.3, 0.4) is 0 Å². The van der Waals surface area contributed by atoms with Crippen molar-refractivity contribution >= 4 is 34.1 Å². The molecule has 0 fully saturated rings. The fraction of sp³-hybridized carbons (Fsp3) is 0.208. The van der Waals surface area contributed by atoms with Gasteiger partial charge in [0.2, 0.25) is 5.91 Å². The van der Waals surface area contributed by atoms with Gasteiger partial charge in [0.15, 0.2) is 0 Å². The van der Waals surface area contributed by atoms with Crippen molar-refractivity contribution in [2.45, 2.75) is 20.4 Å². The zero-order valence-corrected chi connectivity index (χ0v) is 18.1. The van der Waals surface area contributed by atoms with E-state index in [1.54, 1.807) is 13.0 Å². The molecule has 0 radical (unpaired) electrons. The highest BCUT2D eigenvalue weighted by molar-refractivity contribution is 7.15. The van der Waals surface area contributed by atoms with Gasteiger partial charge in [0.05, 0.1) is 6.61 Å². The molecular formula is C24H22N2O4S. The number of carbonyl (C=O) groups excluding carboxylic acids is 3. The first-order valence-corrected chi connectivity index (χ1v) is 10.9. The number of nitrogens with one attached hydrogen (secondary N) is 1. The lowest BCUT2D eigenvalue weighted by Crippen LogP contribution is -2.33. The Morgan fingerprint density at radius 1 is 1.10 bits per heavy atom. The summed E-state index contributed by atoms with van der Waals surface area (Å²) in [5.41, 5.74) is 4.56. The summed E-state index contributed by atoms with van der Waals surface area (Å²) in [7, 11) is 0. The van der Waals surface area contributed by atoms with E-state index in [4.69, 9.17) is 4.74 Å². The molecule has 1 aliphatic heterocycles. The van der Waals surface area contributed by atoms with Gasteiger partial charge in [-0.2, -0.15) is 0 Å². The number of fused-ring (bicyclic) bond motifs is 1. The first kappa shape index (κ1) is 20.8. The molecule has 0 aliphatic carbocycles. The Labute approximate surface area is 184 Å². The highest BCUT2D eigenvalue weighted by Gasteiger charge is 2.29. The van der Waals surface area contributed by atoms with Crippen molar-refractivity contribution in [2.75, 3.05) is 18.5 Å². The smallest absolute Gasteiger partial charge is 0.341 e. The van der Waals surface area contributed by atoms with E-state index in [0.29, 0.717) is 28.2 Å². The van der Waals surface area contributed by atoms with Gasteiger partial charge in [-0.25, -0.2) is 4.79 Å². The van der Waals surface area contributed by atoms with Crippen LogP contribution in [-0.4, -0.2) is 35.8 Å². The molecule has 1 aromatic heterocycles. The number of rotatable bonds is 6. The Morgan fingerprint density at radius 3 is 2.55 bits per heavy atom. The van der Waals surface area contributed by atoms with Crippen molar-refractivity contribution in [1.82, 2.24) is 4.90 Å². The highest BCUT2D eigenvalue weighted by Crippen LogP contribution is 2.36. The predicted molar refractivity (Wildman–Crippen MR) is 120 cm³/mol. The lowest BCUT2D eigenvalue weighted by molar-refractivity contribution is -0.116. The first-order chi connectivity index (χ1) is 15.0. The fourth-order valence-electron chi connectivity index (χ4n) is 3.58. The maximum Gasteiger partial charge on any atom is 0.341 e. The van der Waals surface area contributed by atoms with Crippen LogP contribution in [0.5, 0.6) is 0 Å². The summed E-state index contributed by atoms with van der Waals surface area (Å²) in [6.45, 7) is 4.27. The zero-order chi connectivity index (χ0) is 22.0. The predicted octanol–water partition coefficient (Wildman–Crippen LogP) is 4.49. The molecule has 1 aliphatic rings. The van der Waals surface area contributed by atoms with Crippen molar-refractivity contribution in [3.63, 3.8) is 0 Å². The lowest BCUT2D eigenvalue weighted by atomic mass is 10.0. The maximum atomic E-state index is 12.7. The van der Waals surface area contributed by atoms with Gasteiger partial charge in [0.25, 0.3) is 5.91 Å². The zero-order valence-electron chi connectivity index (χ0n) is 17.3. The Morgan fingerprint density at radius 2 is 1.84 bits per heavy atom. The van der Waals surface area contributed by atoms with Crippen molar-refractivity contribution in [3.8, 4) is 11.1 Å². The number of aryl methyl sites for hydroxylation is 1. The summed E-state index contributed by atoms with van der Waals surface area (Å²) in [6, 6.07) is 15.1. The first-order valence-electron chi connectivity index (χ1n) is 10.0. The Bertz CT molecular complexity index is 1150. The number of anilines is 1. The second-order valence-corrected chi connectivity index (χ2v) is 8.19. The van der Waals surface area contributed by atoms with E-state index in [9.17, 15) is 14.4 Å². The van der Waals surface area contributed by atoms with E-state index in [-0.39, 0.29) is 25.0 Å². The average molecular weight is 435 g/mol. The average Bonchev–Trinajstić information content (AvgIpc) is 3.30. The molecule has 3 aromatic rings. The number of amides is 2. The summed E-state index contributed by atoms with van der Waals surface area (Å²) in [4.78, 5) is 39.5. The number of ether oxygens (including phenoxy) is 1. The standard InChI is InChI=1S/C24H22N2O4S/c1-3-30-24(29)21-19(16-10-8-15(2)9-11-16)14-31-22(21)25-20(27)13-26-12-17-6-4-5-7-18(17)23(26)28/h4-11,14H,3,12-13H2,1-2H3,(H,25,27). The van der Waals surface area contributed by atoms with Crippen LogP contribution in [0.1, 0.15) is 38.8 Å². The number of nitrogens with zero attached hydrogens (tertiary/aromatic N) is 1. The van der Waals surface area contributed by atoms with Crippen molar-refractivity contribution < 1.29 is 19.1 Å². The van der Waals surface area contributed by atoms with Crippen LogP contribution in [0.2, 0.25) is 0 Å². The van der Waals surface area contributed by atoms with Crippen LogP contribution in [-0.2, 0) is 16.1 Å². The number of benzene rings is 2. The summed E-state index contributed by atoms with van der Waals surface area (Å²) >= 11 is 1.27. The molecular weight excluding hydrogens is 412 g/mol. The number of hydrogen-bond acceptors (Lipinski definition) is 5. The number of hydrogen-bond donors (Lipinski definition) is 1. The second-order valence-electron chi connectivity index (χ2n) is 7.31. The van der Waals surface area contributed by atoms with Gasteiger partial charge in [-0.15, -0.1) is 11.3 Å². The molecule has 4 rings (SSSR count). The van der Waals surface area contributed by atoms with Gasteiger partial charge in [-0.05, 0) is 31.0 Å². The summed E-state index contributed by atoms with van der Waals surface area (Å²) in [5, 5.41) is 5.07. The highest BCUT2D eigenvalue weighted by atomic mass is 32.1. The molecule has 0 atom stereocenters. The Kier molecular flexibility index (Phi) is 5.86. The minimum Gasteiger partial charge on any atom is -0.462 e. The van der Waals surface area contributed by atoms with Gasteiger partial charge < -0.3 is 15.0 Å². The molecule has 0 spiro atoms. The quantitative estimate of drug-likeness (QED) is 0.580. The summed E-state index contributed by atoms with van der Waals surface area (Å²) in [5.74, 6) is -1.01. The van der Waals surface area contributed by atoms with Gasteiger partial charge in [0, 0.05) is 23.1 Å². The van der Waals surface area contributed by atoms with E-state index in [0.717, 1.165) is 16.7 Å². The third-order valence-corrected chi connectivity index (χ3v) is 6.01. The van der Waals surface area contributed by atoms with Crippen LogP contribution in [0.4, 0.5) is 5.00 Å². The van der Waals surface area contributed by atoms with Crippen LogP contribution in [0.25, 0.3) is 11.1 Å². The molecule has 0 bridgehead atoms. The Hall–Kier alpha value is -3.45. The fourth-order valence-corrected chi connectivity index (χ4v) is 4.56. The second kappa shape index (κ2) is 8.73. The summed E-state index contributed by atoms with van der Waals surface area (Å²) < 4.78 is 5.24. The minimum absolute atomic E-state index is 0.0897. The van der Waals surface area contributed by atoms with Crippen molar-refractivity contribution in [1.29, 1.82) is 0 Å². The van der Waals surface area contributed by atoms with Crippen LogP contribution in [0, 0.1) is 6.92 Å². The third kappa shape index (κ3) is 4.22. The molecule has 7 heteroatoms. The van der Waals surface area contributed by atoms with Crippen LogP contribution >= 0.6 is 11.3 Å². The molecule has 6 nitrogen and oxygen atoms in total. The van der Waals surface area contributed by atoms with Crippen LogP contribution in [0.15, 0.2) is 53.9 Å². The lowest BCUT2D eigenvalue weighted by Gasteiger charge is -2.15. The van der Waals surface area contributed by atoms with Crippen LogP contribution < -0.4 is 5.32 Å². The molecule has 2 heterocycles. The molecule has 0 saturated carbocycles. The van der Waals surface area contributed by atoms with Gasteiger partial charge in [-0.1, -0.05) is 48.0 Å². The van der Waals surface area contributed by atoms with Gasteiger partial charge in [-0.3, -0.25) is 9.59 Å². The molecule has 2 aromatic carbocycles. The number of thiophene rings is 1. The van der Waals surface area contributed by atoms with Crippen molar-refractivity contribution in [3.05, 3.63) is 76.2 Å². The molecule has 1 N–H and O–H groups in total. The number of esters is 1. The minimum atomic E-state index is -0.487. The monoisotopic (exact) mass is 434 g/mol. The van der Waals surface area contributed by atoms with Crippen molar-refractivity contribution in [2.24, 2.45) is 0 Å². The largest absolute Gasteiger partial charge is 0.462 e. The van der Waals surface area contributed by atoms with Gasteiger partial charge >= 0.3 is 5.97 Å². The molecule has 0 unspecified atom stereocenters. The van der Waals surface area contributed by atoms with E-state index < -0.39 is 5.97 Å². The molecule has 158 valence electrons. The molecule has 2 amide bonds. The van der Waals surface area contributed by atoms with E-state index >= 15 is 0 Å². The van der Waals surface area contributed by atoms with E-state index in [2.05, 4.69) is 5.32 Å². The topological polar surface area (TPSA) is 75.7 Å². The van der Waals surface area contributed by atoms with E-state index in [1.165, 1.54) is 16.2 Å². The molecule has 0 saturated heterocycles. The third-order valence-electron chi connectivity index (χ3n) is 5.12. The Balaban J connectivity index is 1.55. The normalized spacial score (nSPS) is 12.6.